The highest BCUT2D eigenvalue weighted by Gasteiger charge is 2.19. The fourth-order valence-corrected chi connectivity index (χ4v) is 3.11. The van der Waals surface area contributed by atoms with Crippen LogP contribution >= 0.6 is 0 Å². The Balaban J connectivity index is 1.57. The predicted molar refractivity (Wildman–Crippen MR) is 91.5 cm³/mol. The van der Waals surface area contributed by atoms with Gasteiger partial charge >= 0.3 is 11.7 Å². The molecule has 0 bridgehead atoms. The molecule has 0 saturated carbocycles. The van der Waals surface area contributed by atoms with Crippen LogP contribution < -0.4 is 4.57 Å². The first-order chi connectivity index (χ1) is 12.9. The van der Waals surface area contributed by atoms with Gasteiger partial charge in [0.05, 0.1) is 17.0 Å². The SMILES string of the molecule is c1cc2oc3nc(-[n+]4ccc5c(c4)oc4ncncc45)ncc3c2cn1. The average Bonchev–Trinajstić information content (AvgIpc) is 3.24. The summed E-state index contributed by atoms with van der Waals surface area (Å²) in [6, 6.07) is 3.74. The first-order valence-electron chi connectivity index (χ1n) is 7.90. The average molecular weight is 341 g/mol. The molecule has 0 unspecified atom stereocenters. The summed E-state index contributed by atoms with van der Waals surface area (Å²) >= 11 is 0. The Bertz CT molecular complexity index is 1340. The van der Waals surface area contributed by atoms with Crippen molar-refractivity contribution in [2.24, 2.45) is 0 Å². The first kappa shape index (κ1) is 13.4. The van der Waals surface area contributed by atoms with Crippen LogP contribution in [0.5, 0.6) is 0 Å². The van der Waals surface area contributed by atoms with E-state index >= 15 is 0 Å². The lowest BCUT2D eigenvalue weighted by Crippen LogP contribution is -2.32. The number of hydrogen-bond donors (Lipinski definition) is 0. The molecule has 0 saturated heterocycles. The molecule has 122 valence electrons. The molecule has 6 heterocycles. The molecule has 0 aliphatic carbocycles. The van der Waals surface area contributed by atoms with E-state index in [-0.39, 0.29) is 0 Å². The molecule has 6 aromatic rings. The summed E-state index contributed by atoms with van der Waals surface area (Å²) in [5, 5.41) is 3.53. The molecular weight excluding hydrogens is 332 g/mol. The van der Waals surface area contributed by atoms with Gasteiger partial charge in [0.25, 0.3) is 0 Å². The molecule has 6 aromatic heterocycles. The number of furan rings is 2. The van der Waals surface area contributed by atoms with Gasteiger partial charge in [0.1, 0.15) is 29.7 Å². The molecule has 0 aliphatic rings. The van der Waals surface area contributed by atoms with Gasteiger partial charge in [0.15, 0.2) is 5.58 Å². The van der Waals surface area contributed by atoms with E-state index in [2.05, 4.69) is 24.9 Å². The maximum absolute atomic E-state index is 5.80. The molecule has 0 N–H and O–H groups in total. The zero-order valence-corrected chi connectivity index (χ0v) is 13.2. The highest BCUT2D eigenvalue weighted by molar-refractivity contribution is 6.03. The summed E-state index contributed by atoms with van der Waals surface area (Å²) < 4.78 is 13.4. The van der Waals surface area contributed by atoms with Crippen LogP contribution in [0, 0.1) is 0 Å². The Morgan fingerprint density at radius 3 is 2.65 bits per heavy atom. The van der Waals surface area contributed by atoms with Crippen LogP contribution in [0.3, 0.4) is 0 Å². The van der Waals surface area contributed by atoms with E-state index in [4.69, 9.17) is 8.83 Å². The van der Waals surface area contributed by atoms with Crippen molar-refractivity contribution < 1.29 is 13.4 Å². The molecule has 0 spiro atoms. The largest absolute Gasteiger partial charge is 0.441 e. The molecular formula is C18H9N6O2+. The van der Waals surface area contributed by atoms with E-state index in [1.807, 2.05) is 24.5 Å². The predicted octanol–water partition coefficient (Wildman–Crippen LogP) is 2.74. The molecule has 0 radical (unpaired) electrons. The Morgan fingerprint density at radius 1 is 0.769 bits per heavy atom. The number of pyridine rings is 2. The molecule has 8 nitrogen and oxygen atoms in total. The van der Waals surface area contributed by atoms with Gasteiger partial charge in [-0.05, 0) is 17.1 Å². The number of hydrogen-bond acceptors (Lipinski definition) is 7. The third kappa shape index (κ3) is 1.78. The molecule has 0 aromatic carbocycles. The van der Waals surface area contributed by atoms with E-state index in [9.17, 15) is 0 Å². The molecule has 0 amide bonds. The van der Waals surface area contributed by atoms with Gasteiger partial charge in [0.2, 0.25) is 5.71 Å². The number of rotatable bonds is 1. The second-order valence-electron chi connectivity index (χ2n) is 5.84. The summed E-state index contributed by atoms with van der Waals surface area (Å²) in [7, 11) is 0. The zero-order chi connectivity index (χ0) is 17.1. The summed E-state index contributed by atoms with van der Waals surface area (Å²) in [6.07, 6.45) is 12.1. The van der Waals surface area contributed by atoms with Crippen LogP contribution in [0.15, 0.2) is 64.5 Å². The van der Waals surface area contributed by atoms with Crippen LogP contribution in [0.25, 0.3) is 50.1 Å². The summed E-state index contributed by atoms with van der Waals surface area (Å²) in [4.78, 5) is 21.3. The minimum Gasteiger partial charge on any atom is -0.435 e. The zero-order valence-electron chi connectivity index (χ0n) is 13.2. The lowest BCUT2D eigenvalue weighted by atomic mass is 10.2. The van der Waals surface area contributed by atoms with Crippen LogP contribution in [0.2, 0.25) is 0 Å². The maximum atomic E-state index is 5.80. The van der Waals surface area contributed by atoms with Crippen LogP contribution in [0.1, 0.15) is 0 Å². The number of aromatic nitrogens is 6. The van der Waals surface area contributed by atoms with E-state index in [1.54, 1.807) is 29.4 Å². The lowest BCUT2D eigenvalue weighted by molar-refractivity contribution is -0.602. The second kappa shape index (κ2) is 4.79. The molecule has 0 fully saturated rings. The molecule has 0 atom stereocenters. The first-order valence-corrected chi connectivity index (χ1v) is 7.90. The monoisotopic (exact) mass is 341 g/mol. The minimum absolute atomic E-state index is 0.484. The topological polar surface area (TPSA) is 94.6 Å². The Hall–Kier alpha value is -3.94. The van der Waals surface area contributed by atoms with Crippen LogP contribution in [-0.2, 0) is 0 Å². The maximum Gasteiger partial charge on any atom is 0.441 e. The van der Waals surface area contributed by atoms with Gasteiger partial charge in [0, 0.05) is 24.0 Å². The van der Waals surface area contributed by atoms with Crippen molar-refractivity contribution in [1.82, 2.24) is 24.9 Å². The van der Waals surface area contributed by atoms with Crippen molar-refractivity contribution in [3.05, 3.63) is 55.6 Å². The summed E-state index contributed by atoms with van der Waals surface area (Å²) in [6.45, 7) is 0. The second-order valence-corrected chi connectivity index (χ2v) is 5.84. The smallest absolute Gasteiger partial charge is 0.435 e. The van der Waals surface area contributed by atoms with Gasteiger partial charge in [-0.2, -0.15) is 0 Å². The van der Waals surface area contributed by atoms with Crippen molar-refractivity contribution in [2.45, 2.75) is 0 Å². The van der Waals surface area contributed by atoms with Gasteiger partial charge in [-0.3, -0.25) is 4.98 Å². The highest BCUT2D eigenvalue weighted by atomic mass is 16.3. The third-order valence-electron chi connectivity index (χ3n) is 4.35. The van der Waals surface area contributed by atoms with Crippen molar-refractivity contribution in [2.75, 3.05) is 0 Å². The highest BCUT2D eigenvalue weighted by Crippen LogP contribution is 2.27. The number of nitrogens with zero attached hydrogens (tertiary/aromatic N) is 6. The Labute approximate surface area is 144 Å². The Morgan fingerprint density at radius 2 is 1.65 bits per heavy atom. The molecule has 0 aliphatic heterocycles. The fraction of sp³-hybridized carbons (Fsp3) is 0. The minimum atomic E-state index is 0.484. The summed E-state index contributed by atoms with van der Waals surface area (Å²) in [5.41, 5.74) is 2.48. The van der Waals surface area contributed by atoms with Gasteiger partial charge in [-0.25, -0.2) is 14.5 Å². The number of fused-ring (bicyclic) bond motifs is 6. The van der Waals surface area contributed by atoms with E-state index in [0.29, 0.717) is 23.0 Å². The normalized spacial score (nSPS) is 11.8. The van der Waals surface area contributed by atoms with Crippen LogP contribution in [0.4, 0.5) is 0 Å². The standard InChI is InChI=1S/C18H9N6O2/c1-3-19-5-11-13-7-21-18(23-17(13)25-14(1)11)24-4-2-10-12-6-20-9-22-16(12)26-15(10)8-24/h1-9H/q+1. The lowest BCUT2D eigenvalue weighted by Gasteiger charge is -1.94. The Kier molecular flexibility index (Phi) is 2.46. The van der Waals surface area contributed by atoms with E-state index in [1.165, 1.54) is 6.33 Å². The third-order valence-corrected chi connectivity index (χ3v) is 4.35. The quantitative estimate of drug-likeness (QED) is 0.424. The molecule has 6 rings (SSSR count). The molecule has 8 heteroatoms. The molecule has 26 heavy (non-hydrogen) atoms. The van der Waals surface area contributed by atoms with Crippen molar-refractivity contribution in [3.63, 3.8) is 0 Å². The van der Waals surface area contributed by atoms with Gasteiger partial charge in [-0.1, -0.05) is 4.98 Å². The van der Waals surface area contributed by atoms with Crippen LogP contribution in [-0.4, -0.2) is 24.9 Å². The van der Waals surface area contributed by atoms with E-state index in [0.717, 1.165) is 27.1 Å². The van der Waals surface area contributed by atoms with E-state index < -0.39 is 0 Å². The van der Waals surface area contributed by atoms with Crippen molar-refractivity contribution in [3.8, 4) is 5.95 Å². The van der Waals surface area contributed by atoms with Crippen molar-refractivity contribution in [1.29, 1.82) is 0 Å². The van der Waals surface area contributed by atoms with Gasteiger partial charge in [-0.15, -0.1) is 0 Å². The summed E-state index contributed by atoms with van der Waals surface area (Å²) in [5.74, 6) is 0.484. The fourth-order valence-electron chi connectivity index (χ4n) is 3.11. The van der Waals surface area contributed by atoms with Gasteiger partial charge < -0.3 is 8.83 Å². The van der Waals surface area contributed by atoms with Crippen molar-refractivity contribution >= 4 is 44.1 Å².